The number of nitrogens with one attached hydrogen (secondary N) is 2. The van der Waals surface area contributed by atoms with Crippen molar-refractivity contribution < 1.29 is 13.9 Å². The molecule has 2 amide bonds. The van der Waals surface area contributed by atoms with Crippen LogP contribution in [-0.2, 0) is 6.42 Å². The largest absolute Gasteiger partial charge is 0.491 e. The van der Waals surface area contributed by atoms with Crippen LogP contribution in [0.4, 0.5) is 22.0 Å². The number of aryl methyl sites for hydroxylation is 1. The molecule has 0 atom stereocenters. The highest BCUT2D eigenvalue weighted by Crippen LogP contribution is 2.33. The zero-order chi connectivity index (χ0) is 25.1. The first-order valence-electron chi connectivity index (χ1n) is 12.0. The number of ether oxygens (including phenoxy) is 1. The van der Waals surface area contributed by atoms with Crippen molar-refractivity contribution in [2.75, 3.05) is 23.3 Å². The molecule has 1 fully saturated rings. The fourth-order valence-corrected chi connectivity index (χ4v) is 4.15. The number of carbonyl (C=O) groups is 1. The molecule has 0 unspecified atom stereocenters. The Hall–Kier alpha value is -4.33. The van der Waals surface area contributed by atoms with Gasteiger partial charge < -0.3 is 19.8 Å². The average Bonchev–Trinajstić information content (AvgIpc) is 3.50. The Morgan fingerprint density at radius 3 is 2.78 bits per heavy atom. The number of amides is 2. The lowest BCUT2D eigenvalue weighted by atomic mass is 10.0. The molecule has 0 saturated carbocycles. The van der Waals surface area contributed by atoms with Gasteiger partial charge in [0.2, 0.25) is 0 Å². The third kappa shape index (κ3) is 5.33. The van der Waals surface area contributed by atoms with Crippen LogP contribution < -0.4 is 20.3 Å². The first-order valence-corrected chi connectivity index (χ1v) is 12.0. The van der Waals surface area contributed by atoms with Crippen LogP contribution in [-0.4, -0.2) is 35.2 Å². The van der Waals surface area contributed by atoms with Crippen LogP contribution >= 0.6 is 0 Å². The summed E-state index contributed by atoms with van der Waals surface area (Å²) in [5.74, 6) is 2.70. The molecule has 2 aromatic heterocycles. The Balaban J connectivity index is 1.40. The van der Waals surface area contributed by atoms with Gasteiger partial charge in [-0.1, -0.05) is 12.1 Å². The van der Waals surface area contributed by atoms with Gasteiger partial charge in [0.15, 0.2) is 11.7 Å². The molecular formula is C28H29N5O3. The minimum atomic E-state index is -0.115. The third-order valence-electron chi connectivity index (χ3n) is 5.90. The summed E-state index contributed by atoms with van der Waals surface area (Å²) in [5, 5.41) is 6.18. The van der Waals surface area contributed by atoms with Crippen LogP contribution in [0.2, 0.25) is 0 Å². The molecule has 0 aliphatic carbocycles. The van der Waals surface area contributed by atoms with Crippen molar-refractivity contribution in [3.63, 3.8) is 0 Å². The first-order chi connectivity index (χ1) is 17.4. The van der Waals surface area contributed by atoms with Gasteiger partial charge in [-0.15, -0.1) is 0 Å². The zero-order valence-electron chi connectivity index (χ0n) is 20.6. The van der Waals surface area contributed by atoms with Crippen molar-refractivity contribution in [2.24, 2.45) is 0 Å². The van der Waals surface area contributed by atoms with E-state index in [1.165, 1.54) is 0 Å². The minimum Gasteiger partial charge on any atom is -0.491 e. The number of carbonyl (C=O) groups excluding carboxylic acids is 1. The molecule has 4 aromatic rings. The van der Waals surface area contributed by atoms with Crippen molar-refractivity contribution >= 4 is 23.2 Å². The van der Waals surface area contributed by atoms with E-state index in [-0.39, 0.29) is 12.1 Å². The Kier molecular flexibility index (Phi) is 6.58. The second kappa shape index (κ2) is 10.1. The van der Waals surface area contributed by atoms with E-state index >= 15 is 0 Å². The van der Waals surface area contributed by atoms with Gasteiger partial charge >= 0.3 is 6.03 Å². The standard InChI is InChI=1S/C28H29N5O3/c1-18(2)35-24-14-21(13-23(16-24)33-11-10-30-28(33)34)25-17-31-27(36-25)15-20-12-22(8-7-19(20)3)32-26-6-4-5-9-29-26/h4-9,12-14,16-18H,10-11,15H2,1-3H3,(H,29,32)(H,30,34). The fraction of sp³-hybridized carbons (Fsp3) is 0.250. The number of hydrogen-bond acceptors (Lipinski definition) is 6. The Bertz CT molecular complexity index is 1370. The van der Waals surface area contributed by atoms with Gasteiger partial charge in [0.05, 0.1) is 12.3 Å². The van der Waals surface area contributed by atoms with Crippen molar-refractivity contribution in [1.29, 1.82) is 0 Å². The molecule has 2 N–H and O–H groups in total. The molecule has 8 heteroatoms. The van der Waals surface area contributed by atoms with Gasteiger partial charge in [-0.3, -0.25) is 4.90 Å². The average molecular weight is 484 g/mol. The number of anilines is 3. The van der Waals surface area contributed by atoms with E-state index in [0.717, 1.165) is 33.9 Å². The second-order valence-corrected chi connectivity index (χ2v) is 9.04. The maximum atomic E-state index is 12.3. The van der Waals surface area contributed by atoms with Crippen LogP contribution in [0.25, 0.3) is 11.3 Å². The third-order valence-corrected chi connectivity index (χ3v) is 5.90. The summed E-state index contributed by atoms with van der Waals surface area (Å²) in [7, 11) is 0. The summed E-state index contributed by atoms with van der Waals surface area (Å²) in [6, 6.07) is 17.6. The molecule has 1 saturated heterocycles. The lowest BCUT2D eigenvalue weighted by molar-refractivity contribution is 0.242. The maximum absolute atomic E-state index is 12.3. The number of pyridine rings is 1. The summed E-state index contributed by atoms with van der Waals surface area (Å²) < 4.78 is 12.1. The van der Waals surface area contributed by atoms with Crippen LogP contribution in [0.3, 0.4) is 0 Å². The smallest absolute Gasteiger partial charge is 0.321 e. The molecule has 5 rings (SSSR count). The van der Waals surface area contributed by atoms with Crippen LogP contribution in [0.1, 0.15) is 30.9 Å². The number of hydrogen-bond donors (Lipinski definition) is 2. The molecule has 8 nitrogen and oxygen atoms in total. The highest BCUT2D eigenvalue weighted by Gasteiger charge is 2.23. The van der Waals surface area contributed by atoms with Crippen LogP contribution in [0, 0.1) is 6.92 Å². The minimum absolute atomic E-state index is 0.000684. The first kappa shape index (κ1) is 23.4. The van der Waals surface area contributed by atoms with E-state index in [9.17, 15) is 4.79 Å². The summed E-state index contributed by atoms with van der Waals surface area (Å²) in [6.07, 6.45) is 4.03. The van der Waals surface area contributed by atoms with Gasteiger partial charge in [0.1, 0.15) is 11.6 Å². The van der Waals surface area contributed by atoms with E-state index in [1.807, 2.05) is 56.3 Å². The fourth-order valence-electron chi connectivity index (χ4n) is 4.15. The molecule has 1 aliphatic rings. The molecule has 0 radical (unpaired) electrons. The lowest BCUT2D eigenvalue weighted by Gasteiger charge is -2.18. The molecule has 0 bridgehead atoms. The molecule has 2 aromatic carbocycles. The normalized spacial score (nSPS) is 13.2. The summed E-state index contributed by atoms with van der Waals surface area (Å²) in [4.78, 5) is 22.8. The van der Waals surface area contributed by atoms with Gasteiger partial charge in [0.25, 0.3) is 0 Å². The number of aromatic nitrogens is 2. The van der Waals surface area contributed by atoms with Crippen molar-refractivity contribution in [1.82, 2.24) is 15.3 Å². The van der Waals surface area contributed by atoms with Crippen molar-refractivity contribution in [3.05, 3.63) is 84.0 Å². The van der Waals surface area contributed by atoms with Gasteiger partial charge in [-0.05, 0) is 68.3 Å². The van der Waals surface area contributed by atoms with E-state index in [1.54, 1.807) is 17.3 Å². The second-order valence-electron chi connectivity index (χ2n) is 9.04. The maximum Gasteiger partial charge on any atom is 0.321 e. The quantitative estimate of drug-likeness (QED) is 0.334. The number of urea groups is 1. The van der Waals surface area contributed by atoms with Gasteiger partial charge in [-0.2, -0.15) is 0 Å². The number of benzene rings is 2. The molecule has 3 heterocycles. The molecule has 184 valence electrons. The molecule has 36 heavy (non-hydrogen) atoms. The zero-order valence-corrected chi connectivity index (χ0v) is 20.6. The van der Waals surface area contributed by atoms with Crippen LogP contribution in [0.15, 0.2) is 71.4 Å². The predicted molar refractivity (Wildman–Crippen MR) is 140 cm³/mol. The van der Waals surface area contributed by atoms with E-state index in [4.69, 9.17) is 9.15 Å². The highest BCUT2D eigenvalue weighted by atomic mass is 16.5. The van der Waals surface area contributed by atoms with E-state index in [2.05, 4.69) is 39.7 Å². The molecular weight excluding hydrogens is 454 g/mol. The Morgan fingerprint density at radius 2 is 2.03 bits per heavy atom. The number of oxazole rings is 1. The SMILES string of the molecule is Cc1ccc(Nc2ccccn2)cc1Cc1ncc(-c2cc(OC(C)C)cc(N3CCNC3=O)c2)o1. The van der Waals surface area contributed by atoms with Gasteiger partial charge in [0, 0.05) is 48.7 Å². The monoisotopic (exact) mass is 483 g/mol. The van der Waals surface area contributed by atoms with Crippen molar-refractivity contribution in [3.8, 4) is 17.1 Å². The predicted octanol–water partition coefficient (Wildman–Crippen LogP) is 5.70. The Morgan fingerprint density at radius 1 is 1.14 bits per heavy atom. The summed E-state index contributed by atoms with van der Waals surface area (Å²) >= 11 is 0. The van der Waals surface area contributed by atoms with Crippen LogP contribution in [0.5, 0.6) is 5.75 Å². The lowest BCUT2D eigenvalue weighted by Crippen LogP contribution is -2.27. The summed E-state index contributed by atoms with van der Waals surface area (Å²) in [5.41, 5.74) is 4.78. The number of rotatable bonds is 8. The van der Waals surface area contributed by atoms with Gasteiger partial charge in [-0.25, -0.2) is 14.8 Å². The topological polar surface area (TPSA) is 92.5 Å². The number of nitrogens with zero attached hydrogens (tertiary/aromatic N) is 3. The molecule has 1 aliphatic heterocycles. The molecule has 0 spiro atoms. The van der Waals surface area contributed by atoms with E-state index in [0.29, 0.717) is 36.9 Å². The van der Waals surface area contributed by atoms with Crippen molar-refractivity contribution in [2.45, 2.75) is 33.3 Å². The summed E-state index contributed by atoms with van der Waals surface area (Å²) in [6.45, 7) is 7.24. The Labute approximate surface area is 210 Å². The van der Waals surface area contributed by atoms with E-state index < -0.39 is 0 Å². The highest BCUT2D eigenvalue weighted by molar-refractivity contribution is 5.95.